The normalized spacial score (nSPS) is 14.7. The molecule has 2 heterocycles. The monoisotopic (exact) mass is 490 g/mol. The van der Waals surface area contributed by atoms with Gasteiger partial charge in [-0.25, -0.2) is 9.48 Å². The molecule has 0 aliphatic carbocycles. The molecule has 0 bridgehead atoms. The van der Waals surface area contributed by atoms with Gasteiger partial charge in [0.1, 0.15) is 25.0 Å². The Morgan fingerprint density at radius 1 is 1.20 bits per heavy atom. The Kier molecular flexibility index (Phi) is 8.26. The summed E-state index contributed by atoms with van der Waals surface area (Å²) >= 11 is 1.62. The van der Waals surface area contributed by atoms with Crippen molar-refractivity contribution in [2.45, 2.75) is 44.5 Å². The molecule has 0 saturated carbocycles. The number of hydrogen-bond donors (Lipinski definition) is 1. The van der Waals surface area contributed by atoms with E-state index in [4.69, 9.17) is 14.6 Å². The van der Waals surface area contributed by atoms with E-state index in [0.29, 0.717) is 29.0 Å². The molecule has 1 unspecified atom stereocenters. The lowest BCUT2D eigenvalue weighted by molar-refractivity contribution is -0.138. The topological polar surface area (TPSA) is 78.3 Å². The van der Waals surface area contributed by atoms with Gasteiger partial charge in [0.25, 0.3) is 0 Å². The summed E-state index contributed by atoms with van der Waals surface area (Å²) in [4.78, 5) is 17.7. The van der Waals surface area contributed by atoms with E-state index in [-0.39, 0.29) is 6.61 Å². The van der Waals surface area contributed by atoms with Crippen molar-refractivity contribution in [2.75, 3.05) is 17.7 Å². The van der Waals surface area contributed by atoms with Crippen LogP contribution in [0.4, 0.5) is 5.95 Å². The van der Waals surface area contributed by atoms with E-state index < -0.39 is 12.0 Å². The van der Waals surface area contributed by atoms with Crippen LogP contribution in [0.2, 0.25) is 0 Å². The minimum atomic E-state index is -0.472. The van der Waals surface area contributed by atoms with Crippen LogP contribution in [-0.4, -0.2) is 33.1 Å². The highest BCUT2D eigenvalue weighted by Crippen LogP contribution is 2.37. The standard InChI is InChI=1S/C27H30N4O3S/c1-4-6-17-35-27-29-26-28-19(3)23(25(32)33-16-5-2)24(31(26)30-27)21-12-14-22(15-13-21)34-18-20-10-8-7-9-11-20/h5,7-15,24H,2,4,6,16-18H2,1,3H3,(H,28,29,30). The molecular weight excluding hydrogens is 460 g/mol. The summed E-state index contributed by atoms with van der Waals surface area (Å²) in [6.07, 6.45) is 3.76. The van der Waals surface area contributed by atoms with Gasteiger partial charge in [0.2, 0.25) is 11.1 Å². The van der Waals surface area contributed by atoms with Crippen LogP contribution in [0.1, 0.15) is 43.9 Å². The second-order valence-electron chi connectivity index (χ2n) is 8.16. The number of esters is 1. The molecule has 2 aromatic carbocycles. The number of thioether (sulfide) groups is 1. The van der Waals surface area contributed by atoms with Crippen LogP contribution in [0.25, 0.3) is 0 Å². The van der Waals surface area contributed by atoms with Crippen molar-refractivity contribution in [3.05, 3.63) is 89.6 Å². The number of nitrogens with zero attached hydrogens (tertiary/aromatic N) is 3. The number of aromatic nitrogens is 3. The third-order valence-electron chi connectivity index (χ3n) is 5.56. The molecule has 7 nitrogen and oxygen atoms in total. The lowest BCUT2D eigenvalue weighted by Gasteiger charge is -2.28. The Bertz CT molecular complexity index is 1190. The van der Waals surface area contributed by atoms with E-state index in [0.717, 1.165) is 35.5 Å². The Morgan fingerprint density at radius 2 is 1.97 bits per heavy atom. The molecule has 182 valence electrons. The Morgan fingerprint density at radius 3 is 2.69 bits per heavy atom. The van der Waals surface area contributed by atoms with Gasteiger partial charge in [-0.2, -0.15) is 4.98 Å². The van der Waals surface area contributed by atoms with Gasteiger partial charge in [0, 0.05) is 11.4 Å². The van der Waals surface area contributed by atoms with Crippen molar-refractivity contribution in [2.24, 2.45) is 0 Å². The Hall–Kier alpha value is -3.52. The van der Waals surface area contributed by atoms with Crippen LogP contribution in [-0.2, 0) is 16.1 Å². The van der Waals surface area contributed by atoms with Crippen molar-refractivity contribution < 1.29 is 14.3 Å². The number of benzene rings is 2. The average molecular weight is 491 g/mol. The first-order valence-electron chi connectivity index (χ1n) is 11.7. The van der Waals surface area contributed by atoms with Crippen LogP contribution >= 0.6 is 11.8 Å². The number of carbonyl (C=O) groups is 1. The minimum Gasteiger partial charge on any atom is -0.489 e. The second-order valence-corrected chi connectivity index (χ2v) is 9.22. The fraction of sp³-hybridized carbons (Fsp3) is 0.296. The molecule has 0 spiro atoms. The summed E-state index contributed by atoms with van der Waals surface area (Å²) in [6.45, 7) is 8.28. The van der Waals surface area contributed by atoms with Gasteiger partial charge in [-0.15, -0.1) is 5.10 Å². The summed E-state index contributed by atoms with van der Waals surface area (Å²) < 4.78 is 13.1. The predicted octanol–water partition coefficient (Wildman–Crippen LogP) is 5.77. The minimum absolute atomic E-state index is 0.136. The Balaban J connectivity index is 1.62. The molecule has 1 N–H and O–H groups in total. The fourth-order valence-corrected chi connectivity index (χ4v) is 4.68. The molecule has 1 aliphatic rings. The molecule has 1 aromatic heterocycles. The van der Waals surface area contributed by atoms with E-state index in [1.807, 2.05) is 61.5 Å². The summed E-state index contributed by atoms with van der Waals surface area (Å²) in [7, 11) is 0. The number of ether oxygens (including phenoxy) is 2. The number of allylic oxidation sites excluding steroid dienone is 1. The van der Waals surface area contributed by atoms with Crippen LogP contribution in [0.15, 0.2) is 83.7 Å². The van der Waals surface area contributed by atoms with Crippen molar-refractivity contribution in [3.8, 4) is 5.75 Å². The summed E-state index contributed by atoms with van der Waals surface area (Å²) in [5.74, 6) is 1.89. The van der Waals surface area contributed by atoms with Crippen molar-refractivity contribution in [1.29, 1.82) is 0 Å². The third kappa shape index (κ3) is 5.95. The highest BCUT2D eigenvalue weighted by atomic mass is 32.2. The van der Waals surface area contributed by atoms with Crippen LogP contribution < -0.4 is 10.1 Å². The molecule has 1 aliphatic heterocycles. The number of unbranched alkanes of at least 4 members (excludes halogenated alkanes) is 1. The molecule has 3 aromatic rings. The summed E-state index contributed by atoms with van der Waals surface area (Å²) in [5.41, 5.74) is 3.17. The molecule has 0 saturated heterocycles. The molecule has 35 heavy (non-hydrogen) atoms. The highest BCUT2D eigenvalue weighted by Gasteiger charge is 2.35. The lowest BCUT2D eigenvalue weighted by atomic mass is 9.96. The fourth-order valence-electron chi connectivity index (χ4n) is 3.77. The molecule has 8 heteroatoms. The van der Waals surface area contributed by atoms with Gasteiger partial charge >= 0.3 is 5.97 Å². The van der Waals surface area contributed by atoms with Crippen molar-refractivity contribution in [3.63, 3.8) is 0 Å². The van der Waals surface area contributed by atoms with Gasteiger partial charge < -0.3 is 14.8 Å². The maximum atomic E-state index is 13.0. The lowest BCUT2D eigenvalue weighted by Crippen LogP contribution is -2.29. The highest BCUT2D eigenvalue weighted by molar-refractivity contribution is 7.99. The van der Waals surface area contributed by atoms with Crippen LogP contribution in [0.5, 0.6) is 5.75 Å². The van der Waals surface area contributed by atoms with Crippen molar-refractivity contribution in [1.82, 2.24) is 14.8 Å². The number of anilines is 1. The maximum absolute atomic E-state index is 13.0. The summed E-state index contributed by atoms with van der Waals surface area (Å²) in [6, 6.07) is 17.3. The van der Waals surface area contributed by atoms with E-state index in [1.165, 1.54) is 0 Å². The predicted molar refractivity (Wildman–Crippen MR) is 138 cm³/mol. The van der Waals surface area contributed by atoms with Crippen LogP contribution in [0.3, 0.4) is 0 Å². The molecule has 0 radical (unpaired) electrons. The van der Waals surface area contributed by atoms with Gasteiger partial charge in [-0.1, -0.05) is 80.2 Å². The molecule has 0 amide bonds. The molecule has 4 rings (SSSR count). The average Bonchev–Trinajstić information content (AvgIpc) is 3.28. The SMILES string of the molecule is C=CCOC(=O)C1=C(C)Nc2nc(SCCCC)nn2C1c1ccc(OCc2ccccc2)cc1. The first kappa shape index (κ1) is 24.6. The zero-order valence-corrected chi connectivity index (χ0v) is 20.9. The van der Waals surface area contributed by atoms with Gasteiger partial charge in [0.05, 0.1) is 5.57 Å². The first-order valence-corrected chi connectivity index (χ1v) is 12.7. The number of rotatable bonds is 11. The van der Waals surface area contributed by atoms with Gasteiger partial charge in [0.15, 0.2) is 0 Å². The number of fused-ring (bicyclic) bond motifs is 1. The van der Waals surface area contributed by atoms with E-state index in [2.05, 4.69) is 23.8 Å². The zero-order valence-electron chi connectivity index (χ0n) is 20.1. The quantitative estimate of drug-likeness (QED) is 0.158. The van der Waals surface area contributed by atoms with Gasteiger partial charge in [-0.05, 0) is 36.6 Å². The second kappa shape index (κ2) is 11.8. The first-order chi connectivity index (χ1) is 17.1. The van der Waals surface area contributed by atoms with E-state index >= 15 is 0 Å². The number of hydrogen-bond acceptors (Lipinski definition) is 7. The zero-order chi connectivity index (χ0) is 24.6. The van der Waals surface area contributed by atoms with Crippen molar-refractivity contribution >= 4 is 23.7 Å². The number of carbonyl (C=O) groups excluding carboxylic acids is 1. The van der Waals surface area contributed by atoms with E-state index in [1.54, 1.807) is 22.5 Å². The largest absolute Gasteiger partial charge is 0.489 e. The number of nitrogens with one attached hydrogen (secondary N) is 1. The third-order valence-corrected chi connectivity index (χ3v) is 6.48. The molecular formula is C27H30N4O3S. The summed E-state index contributed by atoms with van der Waals surface area (Å²) in [5, 5.41) is 8.65. The van der Waals surface area contributed by atoms with E-state index in [9.17, 15) is 4.79 Å². The molecule has 1 atom stereocenters. The van der Waals surface area contributed by atoms with Gasteiger partial charge in [-0.3, -0.25) is 0 Å². The van der Waals surface area contributed by atoms with Crippen LogP contribution in [0, 0.1) is 0 Å². The Labute approximate surface area is 210 Å². The maximum Gasteiger partial charge on any atom is 0.338 e. The smallest absolute Gasteiger partial charge is 0.338 e. The molecule has 0 fully saturated rings.